The Hall–Kier alpha value is 0.0969. The SMILES string of the molecule is CCCCO[Si](CC)(OCCCC)OCCCC. The average molecular weight is 276 g/mol. The number of rotatable bonds is 13. The minimum atomic E-state index is -2.38. The minimum Gasteiger partial charge on any atom is -0.373 e. The van der Waals surface area contributed by atoms with Crippen LogP contribution in [-0.4, -0.2) is 28.6 Å². The molecule has 0 fully saturated rings. The zero-order chi connectivity index (χ0) is 13.7. The highest BCUT2D eigenvalue weighted by atomic mass is 28.4. The Morgan fingerprint density at radius 1 is 0.611 bits per heavy atom. The molecule has 0 saturated carbocycles. The summed E-state index contributed by atoms with van der Waals surface area (Å²) in [6.45, 7) is 11.0. The van der Waals surface area contributed by atoms with Gasteiger partial charge in [0.05, 0.1) is 0 Å². The molecule has 0 aromatic carbocycles. The average Bonchev–Trinajstić information content (AvgIpc) is 2.39. The molecule has 0 aliphatic heterocycles. The third kappa shape index (κ3) is 8.24. The van der Waals surface area contributed by atoms with E-state index < -0.39 is 8.80 Å². The standard InChI is InChI=1S/C14H32O3Si/c1-5-9-12-15-18(8-4,16-13-10-6-2)17-14-11-7-3/h5-14H2,1-4H3. The summed E-state index contributed by atoms with van der Waals surface area (Å²) in [6.07, 6.45) is 6.71. The van der Waals surface area contributed by atoms with E-state index in [1.807, 2.05) is 0 Å². The van der Waals surface area contributed by atoms with Crippen molar-refractivity contribution in [1.29, 1.82) is 0 Å². The Labute approximate surface area is 115 Å². The van der Waals surface area contributed by atoms with Gasteiger partial charge < -0.3 is 13.3 Å². The largest absolute Gasteiger partial charge is 0.500 e. The molecule has 0 aliphatic rings. The maximum absolute atomic E-state index is 6.01. The summed E-state index contributed by atoms with van der Waals surface area (Å²) in [5.41, 5.74) is 0. The molecule has 0 unspecified atom stereocenters. The molecule has 0 N–H and O–H groups in total. The number of unbranched alkanes of at least 4 members (excludes halogenated alkanes) is 3. The van der Waals surface area contributed by atoms with Gasteiger partial charge in [0, 0.05) is 25.9 Å². The molecule has 0 saturated heterocycles. The van der Waals surface area contributed by atoms with Crippen molar-refractivity contribution in [3.63, 3.8) is 0 Å². The van der Waals surface area contributed by atoms with Gasteiger partial charge in [-0.3, -0.25) is 0 Å². The fourth-order valence-corrected chi connectivity index (χ4v) is 3.78. The number of hydrogen-bond donors (Lipinski definition) is 0. The fraction of sp³-hybridized carbons (Fsp3) is 1.00. The summed E-state index contributed by atoms with van der Waals surface area (Å²) in [6, 6.07) is 0.879. The first-order valence-electron chi connectivity index (χ1n) is 7.66. The second-order valence-electron chi connectivity index (χ2n) is 4.64. The van der Waals surface area contributed by atoms with Gasteiger partial charge in [0.25, 0.3) is 0 Å². The topological polar surface area (TPSA) is 27.7 Å². The highest BCUT2D eigenvalue weighted by Gasteiger charge is 2.38. The first kappa shape index (κ1) is 18.1. The molecule has 0 aliphatic carbocycles. The second kappa shape index (κ2) is 12.1. The monoisotopic (exact) mass is 276 g/mol. The summed E-state index contributed by atoms with van der Waals surface area (Å²) >= 11 is 0. The lowest BCUT2D eigenvalue weighted by molar-refractivity contribution is 0.0574. The van der Waals surface area contributed by atoms with Crippen molar-refractivity contribution in [2.45, 2.75) is 72.3 Å². The van der Waals surface area contributed by atoms with Crippen LogP contribution in [0.3, 0.4) is 0 Å². The second-order valence-corrected chi connectivity index (χ2v) is 7.58. The Kier molecular flexibility index (Phi) is 12.2. The van der Waals surface area contributed by atoms with E-state index >= 15 is 0 Å². The number of hydrogen-bond acceptors (Lipinski definition) is 3. The zero-order valence-electron chi connectivity index (χ0n) is 12.8. The van der Waals surface area contributed by atoms with Crippen molar-refractivity contribution >= 4 is 8.80 Å². The first-order chi connectivity index (χ1) is 8.74. The van der Waals surface area contributed by atoms with E-state index in [1.165, 1.54) is 0 Å². The summed E-state index contributed by atoms with van der Waals surface area (Å²) in [7, 11) is -2.38. The minimum absolute atomic E-state index is 0.773. The predicted molar refractivity (Wildman–Crippen MR) is 78.8 cm³/mol. The lowest BCUT2D eigenvalue weighted by Gasteiger charge is -2.28. The van der Waals surface area contributed by atoms with E-state index in [0.717, 1.165) is 64.4 Å². The van der Waals surface area contributed by atoms with Crippen molar-refractivity contribution in [3.05, 3.63) is 0 Å². The summed E-state index contributed by atoms with van der Waals surface area (Å²) in [4.78, 5) is 0. The van der Waals surface area contributed by atoms with Crippen LogP contribution in [0.1, 0.15) is 66.2 Å². The van der Waals surface area contributed by atoms with Crippen LogP contribution in [0.25, 0.3) is 0 Å². The van der Waals surface area contributed by atoms with Gasteiger partial charge in [-0.2, -0.15) is 0 Å². The van der Waals surface area contributed by atoms with Crippen LogP contribution in [0.4, 0.5) is 0 Å². The third-order valence-corrected chi connectivity index (χ3v) is 5.69. The van der Waals surface area contributed by atoms with Gasteiger partial charge in [-0.05, 0) is 19.3 Å². The fourth-order valence-electron chi connectivity index (χ4n) is 1.55. The molecule has 0 atom stereocenters. The first-order valence-corrected chi connectivity index (χ1v) is 9.59. The summed E-state index contributed by atoms with van der Waals surface area (Å²) in [5, 5.41) is 0. The molecule has 0 radical (unpaired) electrons. The molecule has 0 rings (SSSR count). The van der Waals surface area contributed by atoms with Crippen LogP contribution in [0, 0.1) is 0 Å². The van der Waals surface area contributed by atoms with Gasteiger partial charge in [-0.1, -0.05) is 47.0 Å². The van der Waals surface area contributed by atoms with Gasteiger partial charge >= 0.3 is 8.80 Å². The molecule has 0 bridgehead atoms. The van der Waals surface area contributed by atoms with Crippen LogP contribution in [-0.2, 0) is 13.3 Å². The summed E-state index contributed by atoms with van der Waals surface area (Å²) in [5.74, 6) is 0. The molecule has 0 aromatic rings. The maximum Gasteiger partial charge on any atom is 0.500 e. The smallest absolute Gasteiger partial charge is 0.373 e. The quantitative estimate of drug-likeness (QED) is 0.369. The molecule has 18 heavy (non-hydrogen) atoms. The predicted octanol–water partition coefficient (Wildman–Crippen LogP) is 4.40. The Balaban J connectivity index is 4.20. The Bertz CT molecular complexity index is 150. The maximum atomic E-state index is 6.01. The zero-order valence-corrected chi connectivity index (χ0v) is 13.8. The highest BCUT2D eigenvalue weighted by Crippen LogP contribution is 2.17. The van der Waals surface area contributed by atoms with E-state index in [9.17, 15) is 0 Å². The molecule has 0 spiro atoms. The van der Waals surface area contributed by atoms with Crippen LogP contribution in [0.2, 0.25) is 6.04 Å². The van der Waals surface area contributed by atoms with E-state index in [0.29, 0.717) is 0 Å². The molecule has 110 valence electrons. The van der Waals surface area contributed by atoms with Gasteiger partial charge in [0.1, 0.15) is 0 Å². The van der Waals surface area contributed by atoms with Gasteiger partial charge in [-0.15, -0.1) is 0 Å². The Morgan fingerprint density at radius 2 is 0.944 bits per heavy atom. The lowest BCUT2D eigenvalue weighted by atomic mass is 10.4. The Morgan fingerprint density at radius 3 is 1.17 bits per heavy atom. The molecule has 3 nitrogen and oxygen atoms in total. The molecule has 0 heterocycles. The van der Waals surface area contributed by atoms with Crippen molar-refractivity contribution in [1.82, 2.24) is 0 Å². The van der Waals surface area contributed by atoms with Gasteiger partial charge in [0.15, 0.2) is 0 Å². The van der Waals surface area contributed by atoms with E-state index in [1.54, 1.807) is 0 Å². The van der Waals surface area contributed by atoms with Crippen LogP contribution >= 0.6 is 0 Å². The lowest BCUT2D eigenvalue weighted by Crippen LogP contribution is -2.46. The molecule has 0 aromatic heterocycles. The molecular formula is C14H32O3Si. The van der Waals surface area contributed by atoms with Crippen LogP contribution in [0.5, 0.6) is 0 Å². The highest BCUT2D eigenvalue weighted by molar-refractivity contribution is 6.60. The van der Waals surface area contributed by atoms with E-state index in [2.05, 4.69) is 27.7 Å². The summed E-state index contributed by atoms with van der Waals surface area (Å²) < 4.78 is 18.0. The van der Waals surface area contributed by atoms with Crippen LogP contribution in [0.15, 0.2) is 0 Å². The third-order valence-electron chi connectivity index (χ3n) is 2.89. The molecular weight excluding hydrogens is 244 g/mol. The van der Waals surface area contributed by atoms with Crippen molar-refractivity contribution in [2.75, 3.05) is 19.8 Å². The van der Waals surface area contributed by atoms with Gasteiger partial charge in [0.2, 0.25) is 0 Å². The van der Waals surface area contributed by atoms with Gasteiger partial charge in [-0.25, -0.2) is 0 Å². The van der Waals surface area contributed by atoms with E-state index in [4.69, 9.17) is 13.3 Å². The normalized spacial score (nSPS) is 12.0. The van der Waals surface area contributed by atoms with Crippen LogP contribution < -0.4 is 0 Å². The molecule has 0 amide bonds. The molecule has 4 heteroatoms. The van der Waals surface area contributed by atoms with Crippen molar-refractivity contribution < 1.29 is 13.3 Å². The van der Waals surface area contributed by atoms with Crippen molar-refractivity contribution in [3.8, 4) is 0 Å². The van der Waals surface area contributed by atoms with E-state index in [-0.39, 0.29) is 0 Å². The van der Waals surface area contributed by atoms with Crippen molar-refractivity contribution in [2.24, 2.45) is 0 Å².